The summed E-state index contributed by atoms with van der Waals surface area (Å²) in [5.74, 6) is 0. The van der Waals surface area contributed by atoms with Gasteiger partial charge < -0.3 is 0 Å². The third-order valence-electron chi connectivity index (χ3n) is 0.745. The standard InChI is InChI=1S/C5H5BrS2/c1-7-5-2-4(6)3-8-5/h2-3H,1H3. The molecule has 1 aromatic heterocycles. The minimum Gasteiger partial charge on any atom is -0.136 e. The van der Waals surface area contributed by atoms with E-state index in [1.165, 1.54) is 8.68 Å². The van der Waals surface area contributed by atoms with Gasteiger partial charge in [0.1, 0.15) is 0 Å². The minimum atomic E-state index is 1.19. The van der Waals surface area contributed by atoms with E-state index in [2.05, 4.69) is 33.6 Å². The number of thioether (sulfide) groups is 1. The second-order valence-corrected chi connectivity index (χ2v) is 4.22. The van der Waals surface area contributed by atoms with Crippen LogP contribution in [0.5, 0.6) is 0 Å². The average Bonchev–Trinajstić information content (AvgIpc) is 2.14. The Kier molecular flexibility index (Phi) is 2.41. The smallest absolute Gasteiger partial charge is 0.0607 e. The van der Waals surface area contributed by atoms with Crippen LogP contribution in [0.15, 0.2) is 20.1 Å². The van der Waals surface area contributed by atoms with Crippen LogP contribution >= 0.6 is 39.0 Å². The molecule has 0 aliphatic rings. The van der Waals surface area contributed by atoms with Gasteiger partial charge >= 0.3 is 0 Å². The van der Waals surface area contributed by atoms with Crippen molar-refractivity contribution in [2.24, 2.45) is 0 Å². The molecule has 0 aliphatic heterocycles. The van der Waals surface area contributed by atoms with Crippen molar-refractivity contribution in [3.8, 4) is 0 Å². The zero-order valence-corrected chi connectivity index (χ0v) is 7.57. The molecule has 0 radical (unpaired) electrons. The van der Waals surface area contributed by atoms with E-state index in [4.69, 9.17) is 0 Å². The van der Waals surface area contributed by atoms with E-state index < -0.39 is 0 Å². The molecule has 0 amide bonds. The van der Waals surface area contributed by atoms with Crippen molar-refractivity contribution in [3.05, 3.63) is 15.9 Å². The quantitative estimate of drug-likeness (QED) is 0.640. The van der Waals surface area contributed by atoms with Crippen LogP contribution in [0.4, 0.5) is 0 Å². The summed E-state index contributed by atoms with van der Waals surface area (Å²) in [7, 11) is 0. The molecule has 0 aromatic carbocycles. The van der Waals surface area contributed by atoms with Crippen molar-refractivity contribution in [2.45, 2.75) is 4.21 Å². The van der Waals surface area contributed by atoms with E-state index in [0.717, 1.165) is 0 Å². The number of hydrogen-bond donors (Lipinski definition) is 0. The van der Waals surface area contributed by atoms with Crippen LogP contribution in [0, 0.1) is 0 Å². The van der Waals surface area contributed by atoms with Crippen LogP contribution in [-0.4, -0.2) is 6.26 Å². The fourth-order valence-electron chi connectivity index (χ4n) is 0.402. The Morgan fingerprint density at radius 1 is 1.75 bits per heavy atom. The van der Waals surface area contributed by atoms with Crippen LogP contribution in [0.1, 0.15) is 0 Å². The van der Waals surface area contributed by atoms with E-state index in [1.807, 2.05) is 0 Å². The van der Waals surface area contributed by atoms with Gasteiger partial charge in [0.05, 0.1) is 4.21 Å². The zero-order valence-electron chi connectivity index (χ0n) is 4.35. The molecule has 0 N–H and O–H groups in total. The topological polar surface area (TPSA) is 0 Å². The Morgan fingerprint density at radius 2 is 2.50 bits per heavy atom. The summed E-state index contributed by atoms with van der Waals surface area (Å²) >= 11 is 6.91. The average molecular weight is 209 g/mol. The lowest BCUT2D eigenvalue weighted by Crippen LogP contribution is -1.48. The molecule has 0 nitrogen and oxygen atoms in total. The Balaban J connectivity index is 2.84. The molecule has 0 atom stereocenters. The molecule has 0 spiro atoms. The van der Waals surface area contributed by atoms with Gasteiger partial charge in [0.15, 0.2) is 0 Å². The molecule has 0 fully saturated rings. The number of rotatable bonds is 1. The summed E-state index contributed by atoms with van der Waals surface area (Å²) in [5.41, 5.74) is 0. The van der Waals surface area contributed by atoms with Crippen molar-refractivity contribution in [3.63, 3.8) is 0 Å². The van der Waals surface area contributed by atoms with E-state index >= 15 is 0 Å². The van der Waals surface area contributed by atoms with Crippen molar-refractivity contribution < 1.29 is 0 Å². The first-order chi connectivity index (χ1) is 3.83. The molecule has 0 unspecified atom stereocenters. The summed E-state index contributed by atoms with van der Waals surface area (Å²) in [6.07, 6.45) is 2.08. The largest absolute Gasteiger partial charge is 0.136 e. The molecule has 44 valence electrons. The Labute approximate surface area is 65.4 Å². The molecule has 1 aromatic rings. The van der Waals surface area contributed by atoms with Gasteiger partial charge in [0.25, 0.3) is 0 Å². The highest BCUT2D eigenvalue weighted by molar-refractivity contribution is 9.10. The SMILES string of the molecule is CSc1cc(Br)cs1. The van der Waals surface area contributed by atoms with Gasteiger partial charge in [-0.15, -0.1) is 23.1 Å². The second kappa shape index (κ2) is 2.90. The lowest BCUT2D eigenvalue weighted by Gasteiger charge is -1.79. The lowest BCUT2D eigenvalue weighted by molar-refractivity contribution is 1.70. The monoisotopic (exact) mass is 208 g/mol. The third-order valence-corrected chi connectivity index (χ3v) is 3.54. The molecule has 1 heterocycles. The van der Waals surface area contributed by atoms with Crippen molar-refractivity contribution in [1.82, 2.24) is 0 Å². The lowest BCUT2D eigenvalue weighted by atomic mass is 10.7. The zero-order chi connectivity index (χ0) is 5.98. The van der Waals surface area contributed by atoms with Crippen molar-refractivity contribution >= 4 is 39.0 Å². The molecular formula is C5H5BrS2. The van der Waals surface area contributed by atoms with E-state index in [1.54, 1.807) is 23.1 Å². The predicted octanol–water partition coefficient (Wildman–Crippen LogP) is 3.23. The van der Waals surface area contributed by atoms with Crippen LogP contribution < -0.4 is 0 Å². The van der Waals surface area contributed by atoms with Gasteiger partial charge in [-0.3, -0.25) is 0 Å². The van der Waals surface area contributed by atoms with E-state index in [-0.39, 0.29) is 0 Å². The first kappa shape index (κ1) is 6.65. The van der Waals surface area contributed by atoms with Crippen LogP contribution in [-0.2, 0) is 0 Å². The number of thiophene rings is 1. The number of halogens is 1. The fourth-order valence-corrected chi connectivity index (χ4v) is 2.48. The highest BCUT2D eigenvalue weighted by Crippen LogP contribution is 2.26. The molecular weight excluding hydrogens is 204 g/mol. The van der Waals surface area contributed by atoms with Crippen LogP contribution in [0.3, 0.4) is 0 Å². The molecule has 0 saturated heterocycles. The summed E-state index contributed by atoms with van der Waals surface area (Å²) in [5, 5.41) is 2.09. The number of hydrogen-bond acceptors (Lipinski definition) is 2. The van der Waals surface area contributed by atoms with E-state index in [0.29, 0.717) is 0 Å². The van der Waals surface area contributed by atoms with Crippen LogP contribution in [0.2, 0.25) is 0 Å². The first-order valence-electron chi connectivity index (χ1n) is 2.11. The molecule has 3 heteroatoms. The van der Waals surface area contributed by atoms with Gasteiger partial charge in [-0.2, -0.15) is 0 Å². The summed E-state index contributed by atoms with van der Waals surface area (Å²) < 4.78 is 2.55. The van der Waals surface area contributed by atoms with Crippen molar-refractivity contribution in [2.75, 3.05) is 6.26 Å². The van der Waals surface area contributed by atoms with Gasteiger partial charge in [-0.25, -0.2) is 0 Å². The first-order valence-corrected chi connectivity index (χ1v) is 5.00. The Bertz CT molecular complexity index is 171. The Hall–Kier alpha value is 0.530. The van der Waals surface area contributed by atoms with E-state index in [9.17, 15) is 0 Å². The van der Waals surface area contributed by atoms with Crippen molar-refractivity contribution in [1.29, 1.82) is 0 Å². The highest BCUT2D eigenvalue weighted by Gasteiger charge is 1.91. The van der Waals surface area contributed by atoms with Crippen LogP contribution in [0.25, 0.3) is 0 Å². The predicted molar refractivity (Wildman–Crippen MR) is 43.8 cm³/mol. The van der Waals surface area contributed by atoms with Gasteiger partial charge in [-0.05, 0) is 28.3 Å². The minimum absolute atomic E-state index is 1.19. The molecule has 0 bridgehead atoms. The maximum atomic E-state index is 3.37. The summed E-state index contributed by atoms with van der Waals surface area (Å²) in [6.45, 7) is 0. The molecule has 0 saturated carbocycles. The van der Waals surface area contributed by atoms with Gasteiger partial charge in [-0.1, -0.05) is 0 Å². The summed E-state index contributed by atoms with van der Waals surface area (Å²) in [4.78, 5) is 0. The molecule has 0 aliphatic carbocycles. The maximum absolute atomic E-state index is 3.37. The summed E-state index contributed by atoms with van der Waals surface area (Å²) in [6, 6.07) is 2.12. The second-order valence-electron chi connectivity index (χ2n) is 1.29. The Morgan fingerprint density at radius 3 is 2.75 bits per heavy atom. The van der Waals surface area contributed by atoms with Gasteiger partial charge in [0, 0.05) is 9.85 Å². The molecule has 1 rings (SSSR count). The third kappa shape index (κ3) is 1.50. The normalized spacial score (nSPS) is 9.75. The van der Waals surface area contributed by atoms with Gasteiger partial charge in [0.2, 0.25) is 0 Å². The fraction of sp³-hybridized carbons (Fsp3) is 0.200. The highest BCUT2D eigenvalue weighted by atomic mass is 79.9. The molecule has 8 heavy (non-hydrogen) atoms. The maximum Gasteiger partial charge on any atom is 0.0607 e.